The summed E-state index contributed by atoms with van der Waals surface area (Å²) in [6.45, 7) is 6.63. The van der Waals surface area contributed by atoms with Gasteiger partial charge in [-0.3, -0.25) is 0 Å². The van der Waals surface area contributed by atoms with Crippen molar-refractivity contribution in [1.29, 1.82) is 5.26 Å². The fourth-order valence-corrected chi connectivity index (χ4v) is 4.63. The Balaban J connectivity index is 1.86. The Morgan fingerprint density at radius 3 is 2.44 bits per heavy atom. The molecular formula is C25H22ClF2N6OP. The normalized spacial score (nSPS) is 12.4. The van der Waals surface area contributed by atoms with Gasteiger partial charge < -0.3 is 9.88 Å². The third kappa shape index (κ3) is 4.92. The number of aryl methyl sites for hydroxylation is 1. The van der Waals surface area contributed by atoms with E-state index >= 15 is 4.39 Å². The Morgan fingerprint density at radius 2 is 1.83 bits per heavy atom. The van der Waals surface area contributed by atoms with E-state index in [-0.39, 0.29) is 32.9 Å². The molecule has 36 heavy (non-hydrogen) atoms. The van der Waals surface area contributed by atoms with Gasteiger partial charge in [0.05, 0.1) is 39.6 Å². The van der Waals surface area contributed by atoms with Gasteiger partial charge in [-0.15, -0.1) is 0 Å². The third-order valence-corrected chi connectivity index (χ3v) is 7.30. The number of anilines is 1. The molecule has 0 aliphatic carbocycles. The maximum Gasteiger partial charge on any atom is 0.188 e. The molecule has 1 N–H and O–H groups in total. The summed E-state index contributed by atoms with van der Waals surface area (Å²) < 4.78 is 42.0. The zero-order valence-electron chi connectivity index (χ0n) is 20.0. The first-order valence-electron chi connectivity index (χ1n) is 11.0. The van der Waals surface area contributed by atoms with Crippen LogP contribution in [0.25, 0.3) is 22.3 Å². The smallest absolute Gasteiger partial charge is 0.188 e. The molecule has 0 aliphatic rings. The number of benzene rings is 1. The minimum atomic E-state index is -2.68. The number of nitriles is 1. The van der Waals surface area contributed by atoms with E-state index < -0.39 is 24.8 Å². The fraction of sp³-hybridized carbons (Fsp3) is 0.240. The average molecular weight is 527 g/mol. The first-order valence-corrected chi connectivity index (χ1v) is 14.0. The monoisotopic (exact) mass is 526 g/mol. The van der Waals surface area contributed by atoms with Crippen LogP contribution in [0.1, 0.15) is 36.2 Å². The second kappa shape index (κ2) is 9.88. The predicted octanol–water partition coefficient (Wildman–Crippen LogP) is 6.01. The van der Waals surface area contributed by atoms with Crippen LogP contribution < -0.4 is 10.9 Å². The molecule has 1 unspecified atom stereocenters. The Bertz CT molecular complexity index is 1570. The number of hydrogen-bond donors (Lipinski definition) is 1. The Morgan fingerprint density at radius 1 is 1.14 bits per heavy atom. The lowest BCUT2D eigenvalue weighted by Gasteiger charge is -2.22. The van der Waals surface area contributed by atoms with Gasteiger partial charge in [-0.1, -0.05) is 18.5 Å². The largest absolute Gasteiger partial charge is 0.375 e. The number of halogens is 3. The molecule has 0 bridgehead atoms. The van der Waals surface area contributed by atoms with Crippen molar-refractivity contribution in [3.8, 4) is 17.3 Å². The number of rotatable bonds is 6. The van der Waals surface area contributed by atoms with Crippen molar-refractivity contribution in [2.24, 2.45) is 0 Å². The lowest BCUT2D eigenvalue weighted by Crippen LogP contribution is -2.14. The fourth-order valence-electron chi connectivity index (χ4n) is 3.77. The topological polar surface area (TPSA) is 104 Å². The molecule has 0 radical (unpaired) electrons. The van der Waals surface area contributed by atoms with E-state index in [2.05, 4.69) is 25.3 Å². The van der Waals surface area contributed by atoms with Gasteiger partial charge in [0.2, 0.25) is 0 Å². The van der Waals surface area contributed by atoms with Crippen LogP contribution in [-0.4, -0.2) is 33.3 Å². The average Bonchev–Trinajstić information content (AvgIpc) is 2.84. The lowest BCUT2D eigenvalue weighted by atomic mass is 10.0. The molecule has 0 fully saturated rings. The molecule has 4 rings (SSSR count). The van der Waals surface area contributed by atoms with Crippen LogP contribution >= 0.6 is 18.7 Å². The zero-order chi connectivity index (χ0) is 26.2. The van der Waals surface area contributed by atoms with E-state index in [9.17, 15) is 14.2 Å². The van der Waals surface area contributed by atoms with Crippen LogP contribution in [0.4, 0.5) is 14.5 Å². The van der Waals surface area contributed by atoms with Crippen molar-refractivity contribution < 1.29 is 13.3 Å². The molecule has 0 saturated carbocycles. The molecule has 184 valence electrons. The van der Waals surface area contributed by atoms with E-state index in [1.54, 1.807) is 20.3 Å². The Kier molecular flexibility index (Phi) is 7.03. The summed E-state index contributed by atoms with van der Waals surface area (Å²) in [6, 6.07) is 6.84. The van der Waals surface area contributed by atoms with Crippen molar-refractivity contribution in [3.63, 3.8) is 0 Å². The van der Waals surface area contributed by atoms with E-state index in [0.29, 0.717) is 28.9 Å². The van der Waals surface area contributed by atoms with Crippen LogP contribution in [0.3, 0.4) is 0 Å². The Hall–Kier alpha value is -3.47. The third-order valence-electron chi connectivity index (χ3n) is 5.64. The number of fused-ring (bicyclic) bond motifs is 1. The zero-order valence-corrected chi connectivity index (χ0v) is 21.6. The van der Waals surface area contributed by atoms with Gasteiger partial charge in [-0.2, -0.15) is 5.26 Å². The molecule has 7 nitrogen and oxygen atoms in total. The number of nitrogens with zero attached hydrogens (tertiary/aromatic N) is 5. The summed E-state index contributed by atoms with van der Waals surface area (Å²) in [5.74, 6) is -1.12. The van der Waals surface area contributed by atoms with Crippen molar-refractivity contribution in [3.05, 3.63) is 70.1 Å². The van der Waals surface area contributed by atoms with Gasteiger partial charge in [-0.25, -0.2) is 28.7 Å². The highest BCUT2D eigenvalue weighted by Crippen LogP contribution is 2.37. The number of nitrogens with one attached hydrogen (secondary N) is 1. The molecule has 0 saturated heterocycles. The summed E-state index contributed by atoms with van der Waals surface area (Å²) in [7, 11) is -2.68. The molecule has 3 heterocycles. The highest BCUT2D eigenvalue weighted by atomic mass is 35.5. The predicted molar refractivity (Wildman–Crippen MR) is 137 cm³/mol. The van der Waals surface area contributed by atoms with Gasteiger partial charge >= 0.3 is 0 Å². The van der Waals surface area contributed by atoms with Crippen LogP contribution in [0.5, 0.6) is 0 Å². The molecular weight excluding hydrogens is 505 g/mol. The lowest BCUT2D eigenvalue weighted by molar-refractivity contribution is 0.586. The van der Waals surface area contributed by atoms with Gasteiger partial charge in [-0.05, 0) is 44.9 Å². The second-order valence-electron chi connectivity index (χ2n) is 8.65. The summed E-state index contributed by atoms with van der Waals surface area (Å²) in [6.07, 6.45) is 3.20. The number of pyridine rings is 2. The van der Waals surface area contributed by atoms with Crippen LogP contribution in [0, 0.1) is 29.9 Å². The summed E-state index contributed by atoms with van der Waals surface area (Å²) in [5, 5.41) is 12.8. The van der Waals surface area contributed by atoms with Gasteiger partial charge in [0.15, 0.2) is 11.4 Å². The standard InChI is InChI=1S/C25H22ClF2N6OP/c1-5-19(16-8-14(10-29)6-7-17(16)27)33-24-21(26)13(2)32-20-9-18(28)22(34-23(20)24)15-11-30-25(31-12-15)36(3,4)35/h6-9,11-12,19H,5H2,1-4H3,(H,32,33). The second-order valence-corrected chi connectivity index (χ2v) is 12.1. The van der Waals surface area contributed by atoms with Crippen LogP contribution in [0.2, 0.25) is 5.02 Å². The van der Waals surface area contributed by atoms with E-state index in [1.807, 2.05) is 13.0 Å². The molecule has 0 spiro atoms. The van der Waals surface area contributed by atoms with E-state index in [1.165, 1.54) is 36.7 Å². The molecule has 3 aromatic heterocycles. The SMILES string of the molecule is CCC(Nc1c(Cl)c(C)nc2cc(F)c(-c3cnc(P(C)(C)=O)nc3)nc12)c1cc(C#N)ccc1F. The summed E-state index contributed by atoms with van der Waals surface area (Å²) in [4.78, 5) is 17.1. The quantitative estimate of drug-likeness (QED) is 0.307. The van der Waals surface area contributed by atoms with Crippen LogP contribution in [0.15, 0.2) is 36.7 Å². The highest BCUT2D eigenvalue weighted by molar-refractivity contribution is 7.69. The summed E-state index contributed by atoms with van der Waals surface area (Å²) in [5.41, 5.74) is 2.38. The van der Waals surface area contributed by atoms with Crippen molar-refractivity contribution in [2.75, 3.05) is 18.6 Å². The number of aromatic nitrogens is 4. The Labute approximate surface area is 212 Å². The van der Waals surface area contributed by atoms with E-state index in [0.717, 1.165) is 0 Å². The number of hydrogen-bond acceptors (Lipinski definition) is 7. The first kappa shape index (κ1) is 25.6. The van der Waals surface area contributed by atoms with Crippen molar-refractivity contribution in [2.45, 2.75) is 26.3 Å². The van der Waals surface area contributed by atoms with Gasteiger partial charge in [0.25, 0.3) is 0 Å². The van der Waals surface area contributed by atoms with Crippen molar-refractivity contribution >= 4 is 41.0 Å². The van der Waals surface area contributed by atoms with E-state index in [4.69, 9.17) is 11.6 Å². The molecule has 4 aromatic rings. The molecule has 1 atom stereocenters. The maximum absolute atomic E-state index is 15.1. The molecule has 1 aromatic carbocycles. The molecule has 0 amide bonds. The molecule has 0 aliphatic heterocycles. The maximum atomic E-state index is 15.1. The first-order chi connectivity index (χ1) is 17.0. The summed E-state index contributed by atoms with van der Waals surface area (Å²) >= 11 is 6.61. The minimum absolute atomic E-state index is 0.0356. The van der Waals surface area contributed by atoms with Gasteiger partial charge in [0.1, 0.15) is 24.2 Å². The van der Waals surface area contributed by atoms with Crippen molar-refractivity contribution in [1.82, 2.24) is 19.9 Å². The highest BCUT2D eigenvalue weighted by Gasteiger charge is 2.22. The van der Waals surface area contributed by atoms with Crippen LogP contribution in [-0.2, 0) is 4.57 Å². The minimum Gasteiger partial charge on any atom is -0.375 e. The molecule has 11 heteroatoms. The van der Waals surface area contributed by atoms with Gasteiger partial charge in [0, 0.05) is 29.6 Å².